The zero-order chi connectivity index (χ0) is 15.3. The Morgan fingerprint density at radius 1 is 1.38 bits per heavy atom. The minimum Gasteiger partial charge on any atom is -0.351 e. The van der Waals surface area contributed by atoms with Gasteiger partial charge in [0.15, 0.2) is 9.84 Å². The normalized spacial score (nSPS) is 28.1. The number of hydrogen-bond acceptors (Lipinski definition) is 5. The number of nitrogens with one attached hydrogen (secondary N) is 2. The van der Waals surface area contributed by atoms with Crippen molar-refractivity contribution in [1.29, 1.82) is 0 Å². The summed E-state index contributed by atoms with van der Waals surface area (Å²) in [6.45, 7) is 5.33. The molecule has 2 fully saturated rings. The van der Waals surface area contributed by atoms with Crippen molar-refractivity contribution < 1.29 is 13.2 Å². The van der Waals surface area contributed by atoms with Crippen molar-refractivity contribution in [3.63, 3.8) is 0 Å². The van der Waals surface area contributed by atoms with Crippen molar-refractivity contribution in [2.24, 2.45) is 0 Å². The largest absolute Gasteiger partial charge is 0.351 e. The van der Waals surface area contributed by atoms with Crippen LogP contribution in [-0.4, -0.2) is 69.0 Å². The standard InChI is InChI=1S/C14H27N3O3S/c1-2-7-17(9-12-4-3-6-15-12)10-14(18)16-13-5-8-21(19,20)11-13/h12-13,15H,2-11H2,1H3,(H,16,18). The zero-order valence-electron chi connectivity index (χ0n) is 12.8. The first-order chi connectivity index (χ1) is 9.98. The van der Waals surface area contributed by atoms with Crippen molar-refractivity contribution in [3.05, 3.63) is 0 Å². The first-order valence-electron chi connectivity index (χ1n) is 7.94. The van der Waals surface area contributed by atoms with Crippen LogP contribution in [0.2, 0.25) is 0 Å². The van der Waals surface area contributed by atoms with Crippen molar-refractivity contribution in [2.45, 2.75) is 44.7 Å². The van der Waals surface area contributed by atoms with Gasteiger partial charge in [0, 0.05) is 18.6 Å². The Labute approximate surface area is 127 Å². The number of carbonyl (C=O) groups is 1. The molecular weight excluding hydrogens is 290 g/mol. The fraction of sp³-hybridized carbons (Fsp3) is 0.929. The monoisotopic (exact) mass is 317 g/mol. The summed E-state index contributed by atoms with van der Waals surface area (Å²) in [5.41, 5.74) is 0. The molecule has 2 unspecified atom stereocenters. The summed E-state index contributed by atoms with van der Waals surface area (Å²) in [7, 11) is -2.94. The lowest BCUT2D eigenvalue weighted by atomic mass is 10.2. The Bertz CT molecular complexity index is 446. The van der Waals surface area contributed by atoms with E-state index >= 15 is 0 Å². The summed E-state index contributed by atoms with van der Waals surface area (Å²) < 4.78 is 22.8. The molecule has 0 aromatic heterocycles. The van der Waals surface area contributed by atoms with E-state index < -0.39 is 9.84 Å². The van der Waals surface area contributed by atoms with Crippen molar-refractivity contribution in [1.82, 2.24) is 15.5 Å². The van der Waals surface area contributed by atoms with Crippen LogP contribution in [-0.2, 0) is 14.6 Å². The van der Waals surface area contributed by atoms with Gasteiger partial charge in [-0.1, -0.05) is 6.92 Å². The molecule has 2 heterocycles. The first-order valence-corrected chi connectivity index (χ1v) is 9.76. The molecule has 0 aromatic rings. The summed E-state index contributed by atoms with van der Waals surface area (Å²) >= 11 is 0. The zero-order valence-corrected chi connectivity index (χ0v) is 13.6. The molecule has 0 bridgehead atoms. The minimum atomic E-state index is -2.94. The molecule has 1 amide bonds. The van der Waals surface area contributed by atoms with Gasteiger partial charge in [-0.05, 0) is 38.8 Å². The van der Waals surface area contributed by atoms with E-state index in [2.05, 4.69) is 22.5 Å². The summed E-state index contributed by atoms with van der Waals surface area (Å²) in [6, 6.07) is 0.284. The molecule has 2 atom stereocenters. The predicted molar refractivity (Wildman–Crippen MR) is 83.0 cm³/mol. The third-order valence-electron chi connectivity index (χ3n) is 4.15. The van der Waals surface area contributed by atoms with Crippen LogP contribution in [0.25, 0.3) is 0 Å². The van der Waals surface area contributed by atoms with Crippen LogP contribution in [0, 0.1) is 0 Å². The van der Waals surface area contributed by atoms with Crippen LogP contribution in [0.5, 0.6) is 0 Å². The first kappa shape index (κ1) is 16.7. The van der Waals surface area contributed by atoms with Gasteiger partial charge >= 0.3 is 0 Å². The molecule has 2 aliphatic rings. The minimum absolute atomic E-state index is 0.0523. The lowest BCUT2D eigenvalue weighted by Crippen LogP contribution is -2.46. The topological polar surface area (TPSA) is 78.5 Å². The van der Waals surface area contributed by atoms with Gasteiger partial charge < -0.3 is 10.6 Å². The Kier molecular flexibility index (Phi) is 6.01. The van der Waals surface area contributed by atoms with E-state index in [1.165, 1.54) is 12.8 Å². The van der Waals surface area contributed by atoms with E-state index in [9.17, 15) is 13.2 Å². The predicted octanol–water partition coefficient (Wildman–Crippen LogP) is -0.246. The van der Waals surface area contributed by atoms with Gasteiger partial charge in [-0.2, -0.15) is 0 Å². The van der Waals surface area contributed by atoms with E-state index in [1.807, 2.05) is 0 Å². The molecule has 0 aromatic carbocycles. The highest BCUT2D eigenvalue weighted by molar-refractivity contribution is 7.91. The Morgan fingerprint density at radius 3 is 2.76 bits per heavy atom. The fourth-order valence-electron chi connectivity index (χ4n) is 3.16. The number of nitrogens with zero attached hydrogens (tertiary/aromatic N) is 1. The van der Waals surface area contributed by atoms with E-state index in [0.717, 1.165) is 26.1 Å². The molecule has 0 aliphatic carbocycles. The van der Waals surface area contributed by atoms with E-state index in [1.54, 1.807) is 0 Å². The summed E-state index contributed by atoms with van der Waals surface area (Å²) in [4.78, 5) is 14.3. The van der Waals surface area contributed by atoms with Gasteiger partial charge in [-0.25, -0.2) is 8.42 Å². The SMILES string of the molecule is CCCN(CC(=O)NC1CCS(=O)(=O)C1)CC1CCCN1. The van der Waals surface area contributed by atoms with Gasteiger partial charge in [-0.15, -0.1) is 0 Å². The Balaban J connectivity index is 1.77. The van der Waals surface area contributed by atoms with Crippen LogP contribution in [0.15, 0.2) is 0 Å². The third-order valence-corrected chi connectivity index (χ3v) is 5.91. The van der Waals surface area contributed by atoms with Crippen LogP contribution in [0.4, 0.5) is 0 Å². The van der Waals surface area contributed by atoms with Crippen molar-refractivity contribution in [3.8, 4) is 0 Å². The van der Waals surface area contributed by atoms with E-state index in [0.29, 0.717) is 19.0 Å². The molecule has 2 N–H and O–H groups in total. The number of hydrogen-bond donors (Lipinski definition) is 2. The molecule has 6 nitrogen and oxygen atoms in total. The van der Waals surface area contributed by atoms with Crippen molar-refractivity contribution >= 4 is 15.7 Å². The number of carbonyl (C=O) groups excluding carboxylic acids is 1. The van der Waals surface area contributed by atoms with Crippen LogP contribution < -0.4 is 10.6 Å². The van der Waals surface area contributed by atoms with Crippen LogP contribution in [0.3, 0.4) is 0 Å². The summed E-state index contributed by atoms with van der Waals surface area (Å²) in [6.07, 6.45) is 3.93. The second kappa shape index (κ2) is 7.56. The molecule has 2 aliphatic heterocycles. The molecular formula is C14H27N3O3S. The molecule has 21 heavy (non-hydrogen) atoms. The quantitative estimate of drug-likeness (QED) is 0.677. The average molecular weight is 317 g/mol. The molecule has 7 heteroatoms. The van der Waals surface area contributed by atoms with Crippen molar-refractivity contribution in [2.75, 3.05) is 37.7 Å². The maximum atomic E-state index is 12.1. The van der Waals surface area contributed by atoms with Gasteiger partial charge in [0.25, 0.3) is 0 Å². The summed E-state index contributed by atoms with van der Waals surface area (Å²) in [5, 5.41) is 6.32. The van der Waals surface area contributed by atoms with Gasteiger partial charge in [0.2, 0.25) is 5.91 Å². The molecule has 0 radical (unpaired) electrons. The number of amides is 1. The number of sulfone groups is 1. The second-order valence-electron chi connectivity index (χ2n) is 6.20. The van der Waals surface area contributed by atoms with Gasteiger partial charge in [-0.3, -0.25) is 9.69 Å². The highest BCUT2D eigenvalue weighted by Crippen LogP contribution is 2.11. The van der Waals surface area contributed by atoms with Gasteiger partial charge in [0.1, 0.15) is 0 Å². The lowest BCUT2D eigenvalue weighted by molar-refractivity contribution is -0.122. The van der Waals surface area contributed by atoms with E-state index in [-0.39, 0.29) is 23.5 Å². The third kappa shape index (κ3) is 5.56. The molecule has 2 saturated heterocycles. The molecule has 0 saturated carbocycles. The molecule has 0 spiro atoms. The highest BCUT2D eigenvalue weighted by atomic mass is 32.2. The second-order valence-corrected chi connectivity index (χ2v) is 8.42. The molecule has 2 rings (SSSR count). The Hall–Kier alpha value is -0.660. The fourth-order valence-corrected chi connectivity index (χ4v) is 4.83. The molecule has 122 valence electrons. The maximum Gasteiger partial charge on any atom is 0.234 e. The smallest absolute Gasteiger partial charge is 0.234 e. The summed E-state index contributed by atoms with van der Waals surface area (Å²) in [5.74, 6) is 0.239. The van der Waals surface area contributed by atoms with Crippen LogP contribution >= 0.6 is 0 Å². The maximum absolute atomic E-state index is 12.1. The Morgan fingerprint density at radius 2 is 2.19 bits per heavy atom. The lowest BCUT2D eigenvalue weighted by Gasteiger charge is -2.25. The van der Waals surface area contributed by atoms with Gasteiger partial charge in [0.05, 0.1) is 18.1 Å². The highest BCUT2D eigenvalue weighted by Gasteiger charge is 2.29. The number of rotatable bonds is 7. The van der Waals surface area contributed by atoms with Crippen LogP contribution in [0.1, 0.15) is 32.6 Å². The van der Waals surface area contributed by atoms with E-state index in [4.69, 9.17) is 0 Å². The average Bonchev–Trinajstić information content (AvgIpc) is 2.99.